The minimum Gasteiger partial charge on any atom is -0.324 e. The Morgan fingerprint density at radius 2 is 2.00 bits per heavy atom. The number of nitrogens with one attached hydrogen (secondary N) is 1. The van der Waals surface area contributed by atoms with Gasteiger partial charge >= 0.3 is 0 Å². The van der Waals surface area contributed by atoms with E-state index in [1.807, 2.05) is 30.5 Å². The standard InChI is InChI=1S/C17H18ClFN2OS/c1-21(10-12-13(18)6-5-7-14(12)19)11-17(22)20-15-8-3-4-9-16(15)23-2/h3-9H,10-11H2,1-2H3,(H,20,22). The van der Waals surface area contributed by atoms with E-state index < -0.39 is 0 Å². The van der Waals surface area contributed by atoms with Crippen molar-refractivity contribution in [1.29, 1.82) is 0 Å². The number of para-hydroxylation sites is 1. The molecule has 6 heteroatoms. The Bertz CT molecular complexity index is 676. The molecule has 0 unspecified atom stereocenters. The molecule has 2 aromatic carbocycles. The van der Waals surface area contributed by atoms with E-state index in [4.69, 9.17) is 11.6 Å². The highest BCUT2D eigenvalue weighted by Gasteiger charge is 2.13. The van der Waals surface area contributed by atoms with Gasteiger partial charge in [-0.25, -0.2) is 4.39 Å². The van der Waals surface area contributed by atoms with Crippen molar-refractivity contribution in [1.82, 2.24) is 4.90 Å². The minimum absolute atomic E-state index is 0.146. The molecule has 0 spiro atoms. The largest absolute Gasteiger partial charge is 0.324 e. The predicted octanol–water partition coefficient (Wildman–Crippen LogP) is 4.27. The monoisotopic (exact) mass is 352 g/mol. The Morgan fingerprint density at radius 3 is 2.70 bits per heavy atom. The molecule has 2 aromatic rings. The van der Waals surface area contributed by atoms with Crippen LogP contribution in [0.5, 0.6) is 0 Å². The third-order valence-corrected chi connectivity index (χ3v) is 4.43. The summed E-state index contributed by atoms with van der Waals surface area (Å²) in [5, 5.41) is 3.24. The lowest BCUT2D eigenvalue weighted by Crippen LogP contribution is -2.30. The van der Waals surface area contributed by atoms with Crippen molar-refractivity contribution in [2.24, 2.45) is 0 Å². The van der Waals surface area contributed by atoms with Crippen molar-refractivity contribution >= 4 is 35.0 Å². The highest BCUT2D eigenvalue weighted by atomic mass is 35.5. The number of carbonyl (C=O) groups is 1. The summed E-state index contributed by atoms with van der Waals surface area (Å²) in [4.78, 5) is 14.9. The van der Waals surface area contributed by atoms with E-state index >= 15 is 0 Å². The van der Waals surface area contributed by atoms with Crippen LogP contribution in [0.3, 0.4) is 0 Å². The number of hydrogen-bond donors (Lipinski definition) is 1. The molecule has 0 atom stereocenters. The molecule has 1 N–H and O–H groups in total. The molecule has 23 heavy (non-hydrogen) atoms. The van der Waals surface area contributed by atoms with Gasteiger partial charge in [0.25, 0.3) is 0 Å². The van der Waals surface area contributed by atoms with Crippen molar-refractivity contribution in [3.8, 4) is 0 Å². The predicted molar refractivity (Wildman–Crippen MR) is 94.6 cm³/mol. The van der Waals surface area contributed by atoms with Gasteiger partial charge < -0.3 is 5.32 Å². The van der Waals surface area contributed by atoms with Crippen LogP contribution in [0.2, 0.25) is 5.02 Å². The van der Waals surface area contributed by atoms with Crippen molar-refractivity contribution in [2.45, 2.75) is 11.4 Å². The van der Waals surface area contributed by atoms with Crippen molar-refractivity contribution in [2.75, 3.05) is 25.2 Å². The molecule has 0 fully saturated rings. The Hall–Kier alpha value is -1.56. The molecule has 0 radical (unpaired) electrons. The quantitative estimate of drug-likeness (QED) is 0.788. The van der Waals surface area contributed by atoms with E-state index in [1.165, 1.54) is 6.07 Å². The van der Waals surface area contributed by atoms with Crippen LogP contribution in [-0.2, 0) is 11.3 Å². The first-order valence-corrected chi connectivity index (χ1v) is 8.66. The zero-order valence-electron chi connectivity index (χ0n) is 13.0. The number of halogens is 2. The van der Waals surface area contributed by atoms with E-state index in [0.717, 1.165) is 10.6 Å². The Balaban J connectivity index is 1.97. The lowest BCUT2D eigenvalue weighted by atomic mass is 10.2. The maximum absolute atomic E-state index is 13.8. The molecule has 1 amide bonds. The second kappa shape index (κ2) is 8.34. The second-order valence-corrected chi connectivity index (χ2v) is 6.38. The highest BCUT2D eigenvalue weighted by Crippen LogP contribution is 2.24. The summed E-state index contributed by atoms with van der Waals surface area (Å²) in [6.07, 6.45) is 1.96. The molecular weight excluding hydrogens is 335 g/mol. The van der Waals surface area contributed by atoms with E-state index in [-0.39, 0.29) is 24.8 Å². The lowest BCUT2D eigenvalue weighted by Gasteiger charge is -2.18. The third-order valence-electron chi connectivity index (χ3n) is 3.28. The fourth-order valence-corrected chi connectivity index (χ4v) is 2.97. The van der Waals surface area contributed by atoms with Crippen molar-refractivity contribution in [3.63, 3.8) is 0 Å². The van der Waals surface area contributed by atoms with Crippen LogP contribution >= 0.6 is 23.4 Å². The second-order valence-electron chi connectivity index (χ2n) is 5.12. The number of anilines is 1. The number of benzene rings is 2. The normalized spacial score (nSPS) is 10.8. The molecule has 3 nitrogen and oxygen atoms in total. The van der Waals surface area contributed by atoms with Crippen LogP contribution in [0.4, 0.5) is 10.1 Å². The van der Waals surface area contributed by atoms with E-state index in [1.54, 1.807) is 35.8 Å². The maximum Gasteiger partial charge on any atom is 0.238 e. The summed E-state index contributed by atoms with van der Waals surface area (Å²) in [6.45, 7) is 0.413. The zero-order chi connectivity index (χ0) is 16.8. The van der Waals surface area contributed by atoms with E-state index in [9.17, 15) is 9.18 Å². The summed E-state index contributed by atoms with van der Waals surface area (Å²) >= 11 is 7.58. The van der Waals surface area contributed by atoms with Gasteiger partial charge in [-0.1, -0.05) is 29.8 Å². The van der Waals surface area contributed by atoms with Crippen molar-refractivity contribution < 1.29 is 9.18 Å². The fraction of sp³-hybridized carbons (Fsp3) is 0.235. The number of rotatable bonds is 6. The molecule has 0 aliphatic rings. The molecular formula is C17H18ClFN2OS. The Labute approximate surface area is 144 Å². The molecule has 0 saturated carbocycles. The van der Waals surface area contributed by atoms with Crippen LogP contribution < -0.4 is 5.32 Å². The van der Waals surface area contributed by atoms with Gasteiger partial charge in [-0.05, 0) is 37.6 Å². The molecule has 0 bridgehead atoms. The number of hydrogen-bond acceptors (Lipinski definition) is 3. The van der Waals surface area contributed by atoms with Crippen LogP contribution in [0.1, 0.15) is 5.56 Å². The maximum atomic E-state index is 13.8. The number of nitrogens with zero attached hydrogens (tertiary/aromatic N) is 1. The zero-order valence-corrected chi connectivity index (χ0v) is 14.5. The van der Waals surface area contributed by atoms with Gasteiger partial charge in [0.1, 0.15) is 5.82 Å². The molecule has 2 rings (SSSR count). The van der Waals surface area contributed by atoms with Gasteiger partial charge in [-0.3, -0.25) is 9.69 Å². The SMILES string of the molecule is CSc1ccccc1NC(=O)CN(C)Cc1c(F)cccc1Cl. The molecule has 0 saturated heterocycles. The van der Waals surface area contributed by atoms with Gasteiger partial charge in [-0.15, -0.1) is 11.8 Å². The molecule has 0 heterocycles. The van der Waals surface area contributed by atoms with Gasteiger partial charge in [0, 0.05) is 22.0 Å². The van der Waals surface area contributed by atoms with Crippen molar-refractivity contribution in [3.05, 3.63) is 58.9 Å². The average Bonchev–Trinajstić information content (AvgIpc) is 2.51. The first-order valence-electron chi connectivity index (χ1n) is 7.05. The number of likely N-dealkylation sites (N-methyl/N-ethyl adjacent to an activating group) is 1. The van der Waals surface area contributed by atoms with Gasteiger partial charge in [0.15, 0.2) is 0 Å². The van der Waals surface area contributed by atoms with E-state index in [2.05, 4.69) is 5.32 Å². The Kier molecular flexibility index (Phi) is 6.45. The van der Waals surface area contributed by atoms with Gasteiger partial charge in [-0.2, -0.15) is 0 Å². The summed E-state index contributed by atoms with van der Waals surface area (Å²) in [5.74, 6) is -0.515. The van der Waals surface area contributed by atoms with Gasteiger partial charge in [0.05, 0.1) is 12.2 Å². The topological polar surface area (TPSA) is 32.3 Å². The van der Waals surface area contributed by atoms with Crippen LogP contribution in [0, 0.1) is 5.82 Å². The number of thioether (sulfide) groups is 1. The lowest BCUT2D eigenvalue weighted by molar-refractivity contribution is -0.117. The van der Waals surface area contributed by atoms with Crippen LogP contribution in [0.15, 0.2) is 47.4 Å². The highest BCUT2D eigenvalue weighted by molar-refractivity contribution is 7.98. The molecule has 0 aromatic heterocycles. The molecule has 0 aliphatic heterocycles. The average molecular weight is 353 g/mol. The first-order chi connectivity index (χ1) is 11.0. The van der Waals surface area contributed by atoms with E-state index in [0.29, 0.717) is 10.6 Å². The summed E-state index contributed by atoms with van der Waals surface area (Å²) in [7, 11) is 1.75. The molecule has 0 aliphatic carbocycles. The summed E-state index contributed by atoms with van der Waals surface area (Å²) in [5.41, 5.74) is 1.18. The van der Waals surface area contributed by atoms with Crippen LogP contribution in [0.25, 0.3) is 0 Å². The van der Waals surface area contributed by atoms with Crippen LogP contribution in [-0.4, -0.2) is 30.7 Å². The number of carbonyl (C=O) groups excluding carboxylic acids is 1. The smallest absolute Gasteiger partial charge is 0.238 e. The minimum atomic E-state index is -0.363. The summed E-state index contributed by atoms with van der Waals surface area (Å²) < 4.78 is 13.8. The first kappa shape index (κ1) is 17.8. The summed E-state index contributed by atoms with van der Waals surface area (Å²) in [6, 6.07) is 12.2. The van der Waals surface area contributed by atoms with Gasteiger partial charge in [0.2, 0.25) is 5.91 Å². The third kappa shape index (κ3) is 4.96. The molecule has 122 valence electrons. The Morgan fingerprint density at radius 1 is 1.26 bits per heavy atom. The number of amides is 1. The fourth-order valence-electron chi connectivity index (χ4n) is 2.19.